The van der Waals surface area contributed by atoms with Crippen LogP contribution in [0.25, 0.3) is 0 Å². The van der Waals surface area contributed by atoms with E-state index in [9.17, 15) is 9.59 Å². The lowest BCUT2D eigenvalue weighted by Crippen LogP contribution is -2.35. The Labute approximate surface area is 89.9 Å². The average Bonchev–Trinajstić information content (AvgIpc) is 2.57. The maximum atomic E-state index is 11.5. The van der Waals surface area contributed by atoms with E-state index in [-0.39, 0.29) is 11.9 Å². The summed E-state index contributed by atoms with van der Waals surface area (Å²) in [5, 5.41) is 0. The van der Waals surface area contributed by atoms with Crippen LogP contribution in [-0.2, 0) is 14.3 Å². The Kier molecular flexibility index (Phi) is 4.34. The molecule has 0 saturated carbocycles. The van der Waals surface area contributed by atoms with E-state index >= 15 is 0 Å². The zero-order chi connectivity index (χ0) is 11.3. The van der Waals surface area contributed by atoms with Crippen LogP contribution in [0.2, 0.25) is 0 Å². The van der Waals surface area contributed by atoms with E-state index in [1.54, 1.807) is 13.1 Å². The molecule has 0 aliphatic carbocycles. The van der Waals surface area contributed by atoms with Crippen molar-refractivity contribution in [3.8, 4) is 0 Å². The lowest BCUT2D eigenvalue weighted by atomic mass is 10.2. The van der Waals surface area contributed by atoms with Crippen LogP contribution in [0.3, 0.4) is 0 Å². The van der Waals surface area contributed by atoms with Gasteiger partial charge in [0.1, 0.15) is 6.04 Å². The molecule has 1 rings (SSSR count). The lowest BCUT2D eigenvalue weighted by molar-refractivity contribution is -0.149. The summed E-state index contributed by atoms with van der Waals surface area (Å²) >= 11 is 0. The number of nitrogens with zero attached hydrogens (tertiary/aromatic N) is 1. The number of likely N-dealkylation sites (tertiary alicyclic amines) is 1. The molecule has 1 atom stereocenters. The predicted molar refractivity (Wildman–Crippen MR) is 55.9 cm³/mol. The molecular weight excluding hydrogens is 194 g/mol. The van der Waals surface area contributed by atoms with E-state index in [1.807, 2.05) is 13.0 Å². The smallest absolute Gasteiger partial charge is 0.329 e. The van der Waals surface area contributed by atoms with E-state index in [4.69, 9.17) is 4.74 Å². The van der Waals surface area contributed by atoms with Crippen LogP contribution >= 0.6 is 0 Å². The van der Waals surface area contributed by atoms with Crippen molar-refractivity contribution in [1.29, 1.82) is 0 Å². The van der Waals surface area contributed by atoms with Gasteiger partial charge in [0.25, 0.3) is 0 Å². The summed E-state index contributed by atoms with van der Waals surface area (Å²) in [5.74, 6) is -0.304. The van der Waals surface area contributed by atoms with Crippen molar-refractivity contribution in [2.75, 3.05) is 6.61 Å². The van der Waals surface area contributed by atoms with Gasteiger partial charge in [-0.1, -0.05) is 13.0 Å². The zero-order valence-electron chi connectivity index (χ0n) is 9.23. The standard InChI is InChI=1S/C11H17NO3/c1-3-5-8-12-9(6-7-10(12)13)11(14)15-4-2/h5,8-9H,3-4,6-7H2,1-2H3/b8-5+/t9-/m0/s1. The van der Waals surface area contributed by atoms with E-state index in [0.29, 0.717) is 19.4 Å². The molecule has 1 aliphatic heterocycles. The number of carbonyl (C=O) groups is 2. The van der Waals surface area contributed by atoms with Crippen LogP contribution in [0.4, 0.5) is 0 Å². The molecule has 15 heavy (non-hydrogen) atoms. The second kappa shape index (κ2) is 5.53. The van der Waals surface area contributed by atoms with Gasteiger partial charge in [0.2, 0.25) is 5.91 Å². The molecule has 0 aromatic carbocycles. The van der Waals surface area contributed by atoms with Crippen molar-refractivity contribution < 1.29 is 14.3 Å². The molecule has 4 nitrogen and oxygen atoms in total. The summed E-state index contributed by atoms with van der Waals surface area (Å²) in [5.41, 5.74) is 0. The van der Waals surface area contributed by atoms with E-state index < -0.39 is 6.04 Å². The predicted octanol–water partition coefficient (Wildman–Crippen LogP) is 1.46. The summed E-state index contributed by atoms with van der Waals surface area (Å²) in [6.45, 7) is 4.10. The highest BCUT2D eigenvalue weighted by molar-refractivity contribution is 5.88. The van der Waals surface area contributed by atoms with Gasteiger partial charge in [-0.25, -0.2) is 4.79 Å². The van der Waals surface area contributed by atoms with Gasteiger partial charge < -0.3 is 9.64 Å². The molecule has 1 heterocycles. The first-order chi connectivity index (χ1) is 7.20. The van der Waals surface area contributed by atoms with Crippen molar-refractivity contribution >= 4 is 11.9 Å². The van der Waals surface area contributed by atoms with Gasteiger partial charge in [0, 0.05) is 12.6 Å². The Bertz CT molecular complexity index is 273. The van der Waals surface area contributed by atoms with E-state index in [0.717, 1.165) is 6.42 Å². The molecule has 0 unspecified atom stereocenters. The number of rotatable bonds is 4. The largest absolute Gasteiger partial charge is 0.464 e. The normalized spacial score (nSPS) is 21.3. The molecule has 1 saturated heterocycles. The Morgan fingerprint density at radius 2 is 2.33 bits per heavy atom. The summed E-state index contributed by atoms with van der Waals surface area (Å²) in [6, 6.07) is -0.416. The fourth-order valence-corrected chi connectivity index (χ4v) is 1.58. The van der Waals surface area contributed by atoms with Gasteiger partial charge in [0.05, 0.1) is 6.61 Å². The van der Waals surface area contributed by atoms with Gasteiger partial charge in [0.15, 0.2) is 0 Å². The minimum Gasteiger partial charge on any atom is -0.464 e. The second-order valence-electron chi connectivity index (χ2n) is 3.40. The first-order valence-corrected chi connectivity index (χ1v) is 5.35. The maximum absolute atomic E-state index is 11.5. The van der Waals surface area contributed by atoms with Crippen LogP contribution in [-0.4, -0.2) is 29.4 Å². The van der Waals surface area contributed by atoms with Gasteiger partial charge in [-0.3, -0.25) is 4.79 Å². The van der Waals surface area contributed by atoms with Crippen LogP contribution in [0, 0.1) is 0 Å². The van der Waals surface area contributed by atoms with E-state index in [2.05, 4.69) is 0 Å². The third-order valence-corrected chi connectivity index (χ3v) is 2.32. The van der Waals surface area contributed by atoms with E-state index in [1.165, 1.54) is 4.90 Å². The third-order valence-electron chi connectivity index (χ3n) is 2.32. The number of hydrogen-bond acceptors (Lipinski definition) is 3. The number of allylic oxidation sites excluding steroid dienone is 1. The average molecular weight is 211 g/mol. The van der Waals surface area contributed by atoms with Crippen LogP contribution in [0.5, 0.6) is 0 Å². The number of ether oxygens (including phenoxy) is 1. The molecule has 0 aromatic heterocycles. The molecule has 1 fully saturated rings. The summed E-state index contributed by atoms with van der Waals surface area (Å²) < 4.78 is 4.92. The topological polar surface area (TPSA) is 46.6 Å². The Morgan fingerprint density at radius 3 is 2.93 bits per heavy atom. The van der Waals surface area contributed by atoms with Crippen LogP contribution < -0.4 is 0 Å². The minimum atomic E-state index is -0.416. The lowest BCUT2D eigenvalue weighted by Gasteiger charge is -2.18. The highest BCUT2D eigenvalue weighted by atomic mass is 16.5. The molecule has 4 heteroatoms. The van der Waals surface area contributed by atoms with Crippen LogP contribution in [0.1, 0.15) is 33.1 Å². The number of amides is 1. The highest BCUT2D eigenvalue weighted by Crippen LogP contribution is 2.20. The first kappa shape index (κ1) is 11.8. The van der Waals surface area contributed by atoms with Gasteiger partial charge in [-0.15, -0.1) is 0 Å². The van der Waals surface area contributed by atoms with Crippen molar-refractivity contribution in [2.24, 2.45) is 0 Å². The van der Waals surface area contributed by atoms with Crippen LogP contribution in [0.15, 0.2) is 12.3 Å². The number of carbonyl (C=O) groups excluding carboxylic acids is 2. The molecular formula is C11H17NO3. The Hall–Kier alpha value is -1.32. The molecule has 0 radical (unpaired) electrons. The Balaban J connectivity index is 2.67. The minimum absolute atomic E-state index is 0.00208. The molecule has 0 N–H and O–H groups in total. The van der Waals surface area contributed by atoms with Gasteiger partial charge >= 0.3 is 5.97 Å². The molecule has 84 valence electrons. The van der Waals surface area contributed by atoms with Crippen molar-refractivity contribution in [2.45, 2.75) is 39.2 Å². The van der Waals surface area contributed by atoms with Gasteiger partial charge in [-0.05, 0) is 19.8 Å². The quantitative estimate of drug-likeness (QED) is 0.661. The molecule has 1 aliphatic rings. The summed E-state index contributed by atoms with van der Waals surface area (Å²) in [7, 11) is 0. The molecule has 0 aromatic rings. The number of esters is 1. The van der Waals surface area contributed by atoms with Crippen molar-refractivity contribution in [1.82, 2.24) is 4.90 Å². The molecule has 0 bridgehead atoms. The highest BCUT2D eigenvalue weighted by Gasteiger charge is 2.35. The second-order valence-corrected chi connectivity index (χ2v) is 3.40. The summed E-state index contributed by atoms with van der Waals surface area (Å²) in [4.78, 5) is 24.5. The number of hydrogen-bond donors (Lipinski definition) is 0. The third kappa shape index (κ3) is 2.81. The zero-order valence-corrected chi connectivity index (χ0v) is 9.23. The Morgan fingerprint density at radius 1 is 1.60 bits per heavy atom. The maximum Gasteiger partial charge on any atom is 0.329 e. The molecule has 1 amide bonds. The fourth-order valence-electron chi connectivity index (χ4n) is 1.58. The summed E-state index contributed by atoms with van der Waals surface area (Å²) in [6.07, 6.45) is 5.40. The molecule has 0 spiro atoms. The van der Waals surface area contributed by atoms with Crippen molar-refractivity contribution in [3.05, 3.63) is 12.3 Å². The van der Waals surface area contributed by atoms with Gasteiger partial charge in [-0.2, -0.15) is 0 Å². The SMILES string of the molecule is CC/C=C/N1C(=O)CC[C@H]1C(=O)OCC. The first-order valence-electron chi connectivity index (χ1n) is 5.35. The fraction of sp³-hybridized carbons (Fsp3) is 0.636. The monoisotopic (exact) mass is 211 g/mol. The van der Waals surface area contributed by atoms with Crippen molar-refractivity contribution in [3.63, 3.8) is 0 Å².